The summed E-state index contributed by atoms with van der Waals surface area (Å²) in [6, 6.07) is 17.5. The van der Waals surface area contributed by atoms with E-state index in [4.69, 9.17) is 4.74 Å². The van der Waals surface area contributed by atoms with Crippen LogP contribution in [-0.4, -0.2) is 24.0 Å². The summed E-state index contributed by atoms with van der Waals surface area (Å²) in [5, 5.41) is 2.77. The summed E-state index contributed by atoms with van der Waals surface area (Å²) >= 11 is 0. The van der Waals surface area contributed by atoms with Crippen LogP contribution in [0, 0.1) is 0 Å². The van der Waals surface area contributed by atoms with Gasteiger partial charge in [-0.15, -0.1) is 0 Å². The Morgan fingerprint density at radius 2 is 1.56 bits per heavy atom. The Kier molecular flexibility index (Phi) is 6.34. The molecule has 0 aliphatic rings. The normalized spacial score (nSPS) is 11.0. The van der Waals surface area contributed by atoms with Crippen molar-refractivity contribution in [2.75, 3.05) is 6.61 Å². The molecule has 2 aromatic rings. The largest absolute Gasteiger partial charge is 0.452 e. The van der Waals surface area contributed by atoms with Crippen LogP contribution < -0.4 is 5.32 Å². The number of nitrogens with one attached hydrogen (secondary N) is 1. The van der Waals surface area contributed by atoms with Gasteiger partial charge >= 0.3 is 5.97 Å². The molecule has 0 aliphatic carbocycles. The number of hydrogen-bond donors (Lipinski definition) is 1. The van der Waals surface area contributed by atoms with Crippen LogP contribution in [0.4, 0.5) is 0 Å². The van der Waals surface area contributed by atoms with Gasteiger partial charge in [-0.05, 0) is 50.8 Å². The fourth-order valence-corrected chi connectivity index (χ4v) is 2.52. The molecule has 1 N–H and O–H groups in total. The summed E-state index contributed by atoms with van der Waals surface area (Å²) in [7, 11) is 0. The zero-order valence-corrected chi connectivity index (χ0v) is 15.0. The highest BCUT2D eigenvalue weighted by molar-refractivity contribution is 5.92. The van der Waals surface area contributed by atoms with Crippen molar-refractivity contribution in [1.29, 1.82) is 0 Å². The maximum atomic E-state index is 12.3. The van der Waals surface area contributed by atoms with Gasteiger partial charge in [0.05, 0.1) is 5.56 Å². The third kappa shape index (κ3) is 6.42. The Morgan fingerprint density at radius 3 is 2.24 bits per heavy atom. The molecule has 2 rings (SSSR count). The molecule has 0 heterocycles. The maximum Gasteiger partial charge on any atom is 0.338 e. The molecule has 0 saturated heterocycles. The minimum atomic E-state index is -0.465. The third-order valence-corrected chi connectivity index (χ3v) is 3.61. The highest BCUT2D eigenvalue weighted by Crippen LogP contribution is 2.14. The van der Waals surface area contributed by atoms with Crippen molar-refractivity contribution in [2.24, 2.45) is 0 Å². The molecule has 1 amide bonds. The standard InChI is InChI=1S/C21H25NO3/c1-21(2,3)22-19(23)15-25-20(24)18-12-8-7-11-17(18)14-13-16-9-5-4-6-10-16/h4-12H,13-15H2,1-3H3,(H,22,23). The predicted molar refractivity (Wildman–Crippen MR) is 98.5 cm³/mol. The van der Waals surface area contributed by atoms with Crippen LogP contribution in [-0.2, 0) is 22.4 Å². The van der Waals surface area contributed by atoms with Crippen molar-refractivity contribution in [3.8, 4) is 0 Å². The molecule has 4 nitrogen and oxygen atoms in total. The van der Waals surface area contributed by atoms with Gasteiger partial charge in [-0.3, -0.25) is 4.79 Å². The molecule has 0 fully saturated rings. The second-order valence-corrected chi connectivity index (χ2v) is 7.02. The Labute approximate surface area is 149 Å². The minimum absolute atomic E-state index is 0.275. The van der Waals surface area contributed by atoms with Crippen molar-refractivity contribution < 1.29 is 14.3 Å². The number of rotatable bonds is 6. The van der Waals surface area contributed by atoms with E-state index in [2.05, 4.69) is 17.4 Å². The molecule has 0 atom stereocenters. The lowest BCUT2D eigenvalue weighted by Gasteiger charge is -2.20. The lowest BCUT2D eigenvalue weighted by molar-refractivity contribution is -0.125. The van der Waals surface area contributed by atoms with Crippen molar-refractivity contribution >= 4 is 11.9 Å². The van der Waals surface area contributed by atoms with Gasteiger partial charge in [0, 0.05) is 5.54 Å². The molecule has 0 saturated carbocycles. The van der Waals surface area contributed by atoms with Crippen molar-refractivity contribution in [2.45, 2.75) is 39.2 Å². The summed E-state index contributed by atoms with van der Waals surface area (Å²) in [5.41, 5.74) is 2.31. The Morgan fingerprint density at radius 1 is 0.920 bits per heavy atom. The number of amides is 1. The van der Waals surface area contributed by atoms with Gasteiger partial charge in [-0.25, -0.2) is 4.79 Å². The van der Waals surface area contributed by atoms with Crippen LogP contribution in [0.3, 0.4) is 0 Å². The average Bonchev–Trinajstić information content (AvgIpc) is 2.57. The summed E-state index contributed by atoms with van der Waals surface area (Å²) in [4.78, 5) is 24.1. The topological polar surface area (TPSA) is 55.4 Å². The van der Waals surface area contributed by atoms with Gasteiger partial charge in [-0.1, -0.05) is 48.5 Å². The molecule has 0 aromatic heterocycles. The van der Waals surface area contributed by atoms with Gasteiger partial charge in [0.15, 0.2) is 6.61 Å². The molecule has 0 unspecified atom stereocenters. The number of hydrogen-bond acceptors (Lipinski definition) is 3. The van der Waals surface area contributed by atoms with Gasteiger partial charge < -0.3 is 10.1 Å². The van der Waals surface area contributed by atoms with E-state index in [1.165, 1.54) is 5.56 Å². The van der Waals surface area contributed by atoms with Crippen LogP contribution in [0.2, 0.25) is 0 Å². The van der Waals surface area contributed by atoms with Gasteiger partial charge in [-0.2, -0.15) is 0 Å². The molecule has 4 heteroatoms. The summed E-state index contributed by atoms with van der Waals surface area (Å²) in [6.07, 6.45) is 1.58. The summed E-state index contributed by atoms with van der Waals surface area (Å²) in [6.45, 7) is 5.37. The molecular weight excluding hydrogens is 314 g/mol. The van der Waals surface area contributed by atoms with Crippen molar-refractivity contribution in [3.63, 3.8) is 0 Å². The molecule has 2 aromatic carbocycles. The van der Waals surface area contributed by atoms with Crippen molar-refractivity contribution in [3.05, 3.63) is 71.3 Å². The quantitative estimate of drug-likeness (QED) is 0.819. The van der Waals surface area contributed by atoms with Crippen LogP contribution in [0.25, 0.3) is 0 Å². The smallest absolute Gasteiger partial charge is 0.338 e. The van der Waals surface area contributed by atoms with E-state index in [1.54, 1.807) is 12.1 Å². The minimum Gasteiger partial charge on any atom is -0.452 e. The number of carbonyl (C=O) groups is 2. The number of benzene rings is 2. The fraction of sp³-hybridized carbons (Fsp3) is 0.333. The van der Waals surface area contributed by atoms with Crippen LogP contribution in [0.5, 0.6) is 0 Å². The third-order valence-electron chi connectivity index (χ3n) is 3.61. The highest BCUT2D eigenvalue weighted by atomic mass is 16.5. The first-order valence-corrected chi connectivity index (χ1v) is 8.45. The molecule has 132 valence electrons. The number of carbonyl (C=O) groups excluding carboxylic acids is 2. The van der Waals surface area contributed by atoms with E-state index in [0.29, 0.717) is 5.56 Å². The molecule has 0 bridgehead atoms. The Hall–Kier alpha value is -2.62. The molecular formula is C21H25NO3. The number of ether oxygens (including phenoxy) is 1. The first-order chi connectivity index (χ1) is 11.8. The average molecular weight is 339 g/mol. The Bertz CT molecular complexity index is 717. The molecule has 0 spiro atoms. The second kappa shape index (κ2) is 8.47. The van der Waals surface area contributed by atoms with E-state index >= 15 is 0 Å². The zero-order chi connectivity index (χ0) is 18.3. The van der Waals surface area contributed by atoms with Gasteiger partial charge in [0.2, 0.25) is 0 Å². The van der Waals surface area contributed by atoms with E-state index in [1.807, 2.05) is 51.1 Å². The lowest BCUT2D eigenvalue weighted by atomic mass is 10.00. The highest BCUT2D eigenvalue weighted by Gasteiger charge is 2.17. The first-order valence-electron chi connectivity index (χ1n) is 8.45. The van der Waals surface area contributed by atoms with Crippen LogP contribution >= 0.6 is 0 Å². The van der Waals surface area contributed by atoms with Crippen molar-refractivity contribution in [1.82, 2.24) is 5.32 Å². The lowest BCUT2D eigenvalue weighted by Crippen LogP contribution is -2.42. The van der Waals surface area contributed by atoms with E-state index in [0.717, 1.165) is 18.4 Å². The second-order valence-electron chi connectivity index (χ2n) is 7.02. The first kappa shape index (κ1) is 18.7. The molecule has 0 radical (unpaired) electrons. The van der Waals surface area contributed by atoms with E-state index in [9.17, 15) is 9.59 Å². The fourth-order valence-electron chi connectivity index (χ4n) is 2.52. The zero-order valence-electron chi connectivity index (χ0n) is 15.0. The van der Waals surface area contributed by atoms with Crippen LogP contribution in [0.1, 0.15) is 42.3 Å². The van der Waals surface area contributed by atoms with Gasteiger partial charge in [0.1, 0.15) is 0 Å². The number of esters is 1. The molecule has 0 aliphatic heterocycles. The van der Waals surface area contributed by atoms with Gasteiger partial charge in [0.25, 0.3) is 5.91 Å². The van der Waals surface area contributed by atoms with E-state index in [-0.39, 0.29) is 18.1 Å². The predicted octanol–water partition coefficient (Wildman–Crippen LogP) is 3.54. The Balaban J connectivity index is 1.97. The SMILES string of the molecule is CC(C)(C)NC(=O)COC(=O)c1ccccc1CCc1ccccc1. The van der Waals surface area contributed by atoms with Crippen LogP contribution in [0.15, 0.2) is 54.6 Å². The monoisotopic (exact) mass is 339 g/mol. The number of aryl methyl sites for hydroxylation is 2. The molecule has 25 heavy (non-hydrogen) atoms. The summed E-state index contributed by atoms with van der Waals surface area (Å²) < 4.78 is 5.18. The summed E-state index contributed by atoms with van der Waals surface area (Å²) in [5.74, 6) is -0.768. The van der Waals surface area contributed by atoms with E-state index < -0.39 is 5.97 Å². The maximum absolute atomic E-state index is 12.3.